The zero-order chi connectivity index (χ0) is 14.1. The quantitative estimate of drug-likeness (QED) is 0.882. The molecule has 1 aliphatic heterocycles. The Morgan fingerprint density at radius 2 is 1.75 bits per heavy atom. The number of benzene rings is 2. The molecule has 0 spiro atoms. The van der Waals surface area contributed by atoms with E-state index in [4.69, 9.17) is 9.47 Å². The maximum Gasteiger partial charge on any atom is 0.150 e. The lowest BCUT2D eigenvalue weighted by Gasteiger charge is -2.33. The topological polar surface area (TPSA) is 58.9 Å². The summed E-state index contributed by atoms with van der Waals surface area (Å²) >= 11 is 0. The highest BCUT2D eigenvalue weighted by Crippen LogP contribution is 2.38. The van der Waals surface area contributed by atoms with Crippen molar-refractivity contribution in [2.24, 2.45) is 0 Å². The minimum absolute atomic E-state index is 0.100. The molecule has 2 atom stereocenters. The van der Waals surface area contributed by atoms with Gasteiger partial charge in [0.05, 0.1) is 0 Å². The number of hydrogen-bond donors (Lipinski definition) is 2. The zero-order valence-corrected chi connectivity index (χ0v) is 11.1. The van der Waals surface area contributed by atoms with Crippen LogP contribution in [0.4, 0.5) is 0 Å². The van der Waals surface area contributed by atoms with Gasteiger partial charge < -0.3 is 19.7 Å². The third kappa shape index (κ3) is 2.30. The summed E-state index contributed by atoms with van der Waals surface area (Å²) in [6.45, 7) is 0. The summed E-state index contributed by atoms with van der Waals surface area (Å²) in [7, 11) is 1.66. The number of phenols is 2. The molecule has 0 amide bonds. The van der Waals surface area contributed by atoms with Gasteiger partial charge in [0.15, 0.2) is 6.10 Å². The largest absolute Gasteiger partial charge is 0.508 e. The molecule has 2 aromatic rings. The molecule has 0 aromatic heterocycles. The van der Waals surface area contributed by atoms with E-state index in [0.29, 0.717) is 5.75 Å². The minimum atomic E-state index is -0.255. The molecule has 2 aromatic carbocycles. The van der Waals surface area contributed by atoms with E-state index in [-0.39, 0.29) is 23.7 Å². The van der Waals surface area contributed by atoms with E-state index in [1.807, 2.05) is 18.2 Å². The summed E-state index contributed by atoms with van der Waals surface area (Å²) in [5, 5.41) is 18.9. The summed E-state index contributed by atoms with van der Waals surface area (Å²) < 4.78 is 11.5. The van der Waals surface area contributed by atoms with Crippen molar-refractivity contribution >= 4 is 0 Å². The van der Waals surface area contributed by atoms with Crippen molar-refractivity contribution in [3.63, 3.8) is 0 Å². The van der Waals surface area contributed by atoms with E-state index < -0.39 is 0 Å². The van der Waals surface area contributed by atoms with Gasteiger partial charge in [-0.3, -0.25) is 0 Å². The first-order chi connectivity index (χ1) is 9.67. The fourth-order valence-electron chi connectivity index (χ4n) is 2.51. The molecule has 1 aliphatic rings. The van der Waals surface area contributed by atoms with Crippen molar-refractivity contribution in [3.05, 3.63) is 53.6 Å². The van der Waals surface area contributed by atoms with Gasteiger partial charge in [-0.15, -0.1) is 0 Å². The van der Waals surface area contributed by atoms with E-state index >= 15 is 0 Å². The molecule has 3 rings (SSSR count). The van der Waals surface area contributed by atoms with Crippen molar-refractivity contribution < 1.29 is 19.7 Å². The van der Waals surface area contributed by atoms with Gasteiger partial charge in [-0.25, -0.2) is 0 Å². The van der Waals surface area contributed by atoms with Crippen LogP contribution in [0.2, 0.25) is 0 Å². The van der Waals surface area contributed by atoms with Crippen LogP contribution in [0, 0.1) is 0 Å². The lowest BCUT2D eigenvalue weighted by Crippen LogP contribution is -2.32. The third-order valence-corrected chi connectivity index (χ3v) is 3.59. The van der Waals surface area contributed by atoms with Crippen molar-refractivity contribution in [2.45, 2.75) is 18.6 Å². The van der Waals surface area contributed by atoms with Crippen LogP contribution in [-0.2, 0) is 11.2 Å². The molecule has 0 saturated carbocycles. The molecular formula is C16H16O4. The first-order valence-electron chi connectivity index (χ1n) is 6.47. The number of hydrogen-bond acceptors (Lipinski definition) is 4. The summed E-state index contributed by atoms with van der Waals surface area (Å²) in [6, 6.07) is 12.0. The third-order valence-electron chi connectivity index (χ3n) is 3.59. The maximum atomic E-state index is 9.56. The first kappa shape index (κ1) is 12.8. The van der Waals surface area contributed by atoms with Crippen molar-refractivity contribution in [3.8, 4) is 17.2 Å². The van der Waals surface area contributed by atoms with Gasteiger partial charge in [0.2, 0.25) is 0 Å². The summed E-state index contributed by atoms with van der Waals surface area (Å²) in [6.07, 6.45) is 0.365. The van der Waals surface area contributed by atoms with Gasteiger partial charge in [-0.2, -0.15) is 0 Å². The Morgan fingerprint density at radius 1 is 1.05 bits per heavy atom. The SMILES string of the molecule is CO[C@H]1Cc2ccc(O)cc2O[C@H]1c1ccc(O)cc1. The summed E-state index contributed by atoms with van der Waals surface area (Å²) in [5.41, 5.74) is 1.95. The Labute approximate surface area is 117 Å². The van der Waals surface area contributed by atoms with E-state index in [1.165, 1.54) is 0 Å². The lowest BCUT2D eigenvalue weighted by molar-refractivity contribution is -0.0115. The van der Waals surface area contributed by atoms with E-state index in [9.17, 15) is 10.2 Å². The molecular weight excluding hydrogens is 256 g/mol. The predicted octanol–water partition coefficient (Wildman–Crippen LogP) is 2.79. The molecule has 4 heteroatoms. The molecule has 104 valence electrons. The molecule has 0 fully saturated rings. The maximum absolute atomic E-state index is 9.56. The van der Waals surface area contributed by atoms with Crippen molar-refractivity contribution in [2.75, 3.05) is 7.11 Å². The average molecular weight is 272 g/mol. The van der Waals surface area contributed by atoms with E-state index in [0.717, 1.165) is 17.5 Å². The highest BCUT2D eigenvalue weighted by molar-refractivity contribution is 5.43. The normalized spacial score (nSPS) is 21.1. The Balaban J connectivity index is 1.96. The number of phenolic OH excluding ortho intramolecular Hbond substituents is 2. The van der Waals surface area contributed by atoms with Gasteiger partial charge >= 0.3 is 0 Å². The Kier molecular flexibility index (Phi) is 3.24. The van der Waals surface area contributed by atoms with Crippen molar-refractivity contribution in [1.29, 1.82) is 0 Å². The minimum Gasteiger partial charge on any atom is -0.508 e. The molecule has 0 bridgehead atoms. The van der Waals surface area contributed by atoms with Crippen LogP contribution < -0.4 is 4.74 Å². The van der Waals surface area contributed by atoms with Gasteiger partial charge in [0.1, 0.15) is 23.4 Å². The Bertz CT molecular complexity index is 606. The fraction of sp³-hybridized carbons (Fsp3) is 0.250. The number of methoxy groups -OCH3 is 1. The Morgan fingerprint density at radius 3 is 2.45 bits per heavy atom. The van der Waals surface area contributed by atoms with Crippen LogP contribution in [0.3, 0.4) is 0 Å². The lowest BCUT2D eigenvalue weighted by atomic mass is 9.94. The highest BCUT2D eigenvalue weighted by Gasteiger charge is 2.31. The summed E-state index contributed by atoms with van der Waals surface area (Å²) in [5.74, 6) is 1.08. The van der Waals surface area contributed by atoms with Crippen LogP contribution >= 0.6 is 0 Å². The predicted molar refractivity (Wildman–Crippen MR) is 74.1 cm³/mol. The molecule has 0 aliphatic carbocycles. The van der Waals surface area contributed by atoms with Gasteiger partial charge in [0.25, 0.3) is 0 Å². The number of ether oxygens (including phenoxy) is 2. The van der Waals surface area contributed by atoms with Gasteiger partial charge in [0, 0.05) is 19.6 Å². The smallest absolute Gasteiger partial charge is 0.150 e. The number of aromatic hydroxyl groups is 2. The fourth-order valence-corrected chi connectivity index (χ4v) is 2.51. The molecule has 4 nitrogen and oxygen atoms in total. The summed E-state index contributed by atoms with van der Waals surface area (Å²) in [4.78, 5) is 0. The van der Waals surface area contributed by atoms with Gasteiger partial charge in [-0.05, 0) is 29.3 Å². The second-order valence-electron chi connectivity index (χ2n) is 4.90. The van der Waals surface area contributed by atoms with Crippen LogP contribution in [0.25, 0.3) is 0 Å². The highest BCUT2D eigenvalue weighted by atomic mass is 16.5. The second kappa shape index (κ2) is 5.06. The monoisotopic (exact) mass is 272 g/mol. The molecule has 2 N–H and O–H groups in total. The number of fused-ring (bicyclic) bond motifs is 1. The zero-order valence-electron chi connectivity index (χ0n) is 11.1. The average Bonchev–Trinajstić information content (AvgIpc) is 2.46. The first-order valence-corrected chi connectivity index (χ1v) is 6.47. The van der Waals surface area contributed by atoms with E-state index in [2.05, 4.69) is 0 Å². The van der Waals surface area contributed by atoms with Crippen LogP contribution in [0.15, 0.2) is 42.5 Å². The second-order valence-corrected chi connectivity index (χ2v) is 4.90. The number of rotatable bonds is 2. The standard InChI is InChI=1S/C16H16O4/c1-19-15-8-11-4-7-13(18)9-14(11)20-16(15)10-2-5-12(17)6-3-10/h2-7,9,15-18H,8H2,1H3/t15-,16-/m0/s1. The van der Waals surface area contributed by atoms with Crippen LogP contribution in [0.5, 0.6) is 17.2 Å². The van der Waals surface area contributed by atoms with Crippen LogP contribution in [-0.4, -0.2) is 23.4 Å². The molecule has 0 unspecified atom stereocenters. The van der Waals surface area contributed by atoms with E-state index in [1.54, 1.807) is 31.4 Å². The van der Waals surface area contributed by atoms with Crippen molar-refractivity contribution in [1.82, 2.24) is 0 Å². The molecule has 20 heavy (non-hydrogen) atoms. The molecule has 0 radical (unpaired) electrons. The van der Waals surface area contributed by atoms with Gasteiger partial charge in [-0.1, -0.05) is 18.2 Å². The Hall–Kier alpha value is -2.20. The van der Waals surface area contributed by atoms with Crippen LogP contribution in [0.1, 0.15) is 17.2 Å². The molecule has 1 heterocycles. The molecule has 0 saturated heterocycles.